The summed E-state index contributed by atoms with van der Waals surface area (Å²) in [6.45, 7) is 0. The van der Waals surface area contributed by atoms with Crippen LogP contribution in [0.1, 0.15) is 0 Å². The monoisotopic (exact) mass is 223 g/mol. The van der Waals surface area contributed by atoms with E-state index in [0.29, 0.717) is 10.7 Å². The Balaban J connectivity index is 3.02. The van der Waals surface area contributed by atoms with Crippen molar-refractivity contribution in [3.8, 4) is 0 Å². The van der Waals surface area contributed by atoms with Crippen molar-refractivity contribution in [2.24, 2.45) is 0 Å². The predicted octanol–water partition coefficient (Wildman–Crippen LogP) is 3.66. The Hall–Kier alpha value is -0.440. The molecule has 0 aliphatic rings. The highest BCUT2D eigenvalue weighted by Gasteiger charge is 2.12. The zero-order chi connectivity index (χ0) is 9.14. The average molecular weight is 224 g/mol. The Morgan fingerprint density at radius 2 is 1.92 bits per heavy atom. The van der Waals surface area contributed by atoms with Gasteiger partial charge in [0.2, 0.25) is 0 Å². The highest BCUT2D eigenvalue weighted by molar-refractivity contribution is 6.71. The first-order chi connectivity index (χ1) is 5.63. The Labute approximate surface area is 84.7 Å². The highest BCUT2D eigenvalue weighted by Crippen LogP contribution is 2.27. The van der Waals surface area contributed by atoms with Crippen molar-refractivity contribution >= 4 is 46.0 Å². The molecule has 2 nitrogen and oxygen atoms in total. The molecular weight excluding hydrogens is 220 g/mol. The van der Waals surface area contributed by atoms with E-state index in [1.165, 1.54) is 0 Å². The van der Waals surface area contributed by atoms with Gasteiger partial charge >= 0.3 is 5.37 Å². The first-order valence-corrected chi connectivity index (χ1v) is 4.12. The maximum absolute atomic E-state index is 10.6. The zero-order valence-corrected chi connectivity index (χ0v) is 8.07. The summed E-state index contributed by atoms with van der Waals surface area (Å²) in [6.07, 6.45) is 0. The molecule has 0 N–H and O–H groups in total. The molecule has 0 radical (unpaired) electrons. The molecule has 0 unspecified atom stereocenters. The lowest BCUT2D eigenvalue weighted by Gasteiger charge is -2.10. The largest absolute Gasteiger partial charge is 0.335 e. The molecule has 0 aliphatic carbocycles. The minimum atomic E-state index is -0.787. The molecule has 0 spiro atoms. The molecule has 1 rings (SSSR count). The molecular formula is C7H4Cl3NO. The maximum atomic E-state index is 10.6. The van der Waals surface area contributed by atoms with Crippen LogP contribution in [0, 0.1) is 0 Å². The van der Waals surface area contributed by atoms with E-state index >= 15 is 0 Å². The molecule has 0 heterocycles. The number of hydrogen-bond acceptors (Lipinski definition) is 1. The van der Waals surface area contributed by atoms with Gasteiger partial charge in [-0.3, -0.25) is 4.79 Å². The second-order valence-corrected chi connectivity index (χ2v) is 3.05. The fraction of sp³-hybridized carbons (Fsp3) is 0. The maximum Gasteiger partial charge on any atom is 0.335 e. The summed E-state index contributed by atoms with van der Waals surface area (Å²) in [5, 5.41) is -0.411. The molecule has 0 aliphatic heterocycles. The lowest BCUT2D eigenvalue weighted by Crippen LogP contribution is -2.12. The number of hydrogen-bond donors (Lipinski definition) is 0. The highest BCUT2D eigenvalue weighted by atomic mass is 35.5. The van der Waals surface area contributed by atoms with E-state index in [1.54, 1.807) is 24.3 Å². The van der Waals surface area contributed by atoms with Gasteiger partial charge in [0.1, 0.15) is 0 Å². The van der Waals surface area contributed by atoms with Gasteiger partial charge in [0.05, 0.1) is 10.7 Å². The number of para-hydroxylation sites is 1. The lowest BCUT2D eigenvalue weighted by molar-refractivity contribution is 0.267. The standard InChI is InChI=1S/C7H4Cl3NO/c8-5-3-1-2-4-6(5)11(10)7(9)12/h1-4H. The van der Waals surface area contributed by atoms with Gasteiger partial charge in [0.25, 0.3) is 0 Å². The molecule has 1 aromatic rings. The van der Waals surface area contributed by atoms with Gasteiger partial charge in [0, 0.05) is 11.8 Å². The fourth-order valence-corrected chi connectivity index (χ4v) is 1.21. The summed E-state index contributed by atoms with van der Waals surface area (Å²) in [7, 11) is 0. The molecule has 0 atom stereocenters. The summed E-state index contributed by atoms with van der Waals surface area (Å²) in [4.78, 5) is 10.6. The molecule has 1 amide bonds. The predicted molar refractivity (Wildman–Crippen MR) is 51.0 cm³/mol. The molecule has 0 fully saturated rings. The van der Waals surface area contributed by atoms with Crippen molar-refractivity contribution in [2.75, 3.05) is 4.42 Å². The van der Waals surface area contributed by atoms with Crippen LogP contribution in [0.3, 0.4) is 0 Å². The van der Waals surface area contributed by atoms with Gasteiger partial charge in [-0.2, -0.15) is 0 Å². The van der Waals surface area contributed by atoms with E-state index in [2.05, 4.69) is 0 Å². The van der Waals surface area contributed by atoms with Crippen LogP contribution in [0.5, 0.6) is 0 Å². The Bertz CT molecular complexity index is 302. The fourth-order valence-electron chi connectivity index (χ4n) is 0.706. The van der Waals surface area contributed by atoms with Gasteiger partial charge < -0.3 is 0 Å². The van der Waals surface area contributed by atoms with Crippen molar-refractivity contribution in [2.45, 2.75) is 0 Å². The Morgan fingerprint density at radius 3 is 2.42 bits per heavy atom. The molecule has 1 aromatic carbocycles. The van der Waals surface area contributed by atoms with Crippen LogP contribution >= 0.6 is 35.0 Å². The number of nitrogens with zero attached hydrogens (tertiary/aromatic N) is 1. The topological polar surface area (TPSA) is 20.3 Å². The van der Waals surface area contributed by atoms with Gasteiger partial charge in [-0.1, -0.05) is 23.7 Å². The SMILES string of the molecule is O=C(Cl)N(Cl)c1ccccc1Cl. The summed E-state index contributed by atoms with van der Waals surface area (Å²) in [5.41, 5.74) is 0.376. The second kappa shape index (κ2) is 3.99. The first-order valence-electron chi connectivity index (χ1n) is 3.03. The summed E-state index contributed by atoms with van der Waals surface area (Å²) >= 11 is 16.4. The third kappa shape index (κ3) is 2.03. The van der Waals surface area contributed by atoms with E-state index in [4.69, 9.17) is 35.0 Å². The van der Waals surface area contributed by atoms with Crippen molar-refractivity contribution in [1.82, 2.24) is 0 Å². The van der Waals surface area contributed by atoms with Gasteiger partial charge in [-0.15, -0.1) is 0 Å². The number of anilines is 1. The smallest absolute Gasteiger partial charge is 0.254 e. The normalized spacial score (nSPS) is 9.58. The molecule has 0 bridgehead atoms. The summed E-state index contributed by atoms with van der Waals surface area (Å²) in [6, 6.07) is 6.65. The van der Waals surface area contributed by atoms with Crippen molar-refractivity contribution in [1.29, 1.82) is 0 Å². The van der Waals surface area contributed by atoms with Gasteiger partial charge in [-0.05, 0) is 23.7 Å². The van der Waals surface area contributed by atoms with E-state index in [1.807, 2.05) is 0 Å². The third-order valence-corrected chi connectivity index (χ3v) is 2.13. The van der Waals surface area contributed by atoms with Crippen molar-refractivity contribution in [3.05, 3.63) is 29.3 Å². The molecule has 0 saturated heterocycles. The molecule has 64 valence electrons. The lowest BCUT2D eigenvalue weighted by atomic mass is 10.3. The van der Waals surface area contributed by atoms with Crippen LogP contribution in [0.2, 0.25) is 5.02 Å². The minimum Gasteiger partial charge on any atom is -0.254 e. The van der Waals surface area contributed by atoms with Crippen LogP contribution in [-0.4, -0.2) is 5.37 Å². The Kier molecular flexibility index (Phi) is 3.20. The third-order valence-electron chi connectivity index (χ3n) is 1.22. The van der Waals surface area contributed by atoms with Crippen molar-refractivity contribution < 1.29 is 4.79 Å². The van der Waals surface area contributed by atoms with Crippen LogP contribution in [0.15, 0.2) is 24.3 Å². The molecule has 0 saturated carbocycles. The number of halogens is 3. The second-order valence-electron chi connectivity index (χ2n) is 1.99. The number of rotatable bonds is 1. The first kappa shape index (κ1) is 9.65. The van der Waals surface area contributed by atoms with E-state index in [-0.39, 0.29) is 0 Å². The minimum absolute atomic E-state index is 0.376. The van der Waals surface area contributed by atoms with Crippen LogP contribution in [0.4, 0.5) is 10.5 Å². The van der Waals surface area contributed by atoms with Crippen LogP contribution in [0.25, 0.3) is 0 Å². The Morgan fingerprint density at radius 1 is 1.33 bits per heavy atom. The van der Waals surface area contributed by atoms with Gasteiger partial charge in [0.15, 0.2) is 0 Å². The molecule has 12 heavy (non-hydrogen) atoms. The number of carbonyl (C=O) groups excluding carboxylic acids is 1. The van der Waals surface area contributed by atoms with Crippen LogP contribution in [-0.2, 0) is 0 Å². The van der Waals surface area contributed by atoms with E-state index < -0.39 is 5.37 Å². The van der Waals surface area contributed by atoms with Crippen LogP contribution < -0.4 is 4.42 Å². The number of carbonyl (C=O) groups is 1. The number of benzene rings is 1. The quantitative estimate of drug-likeness (QED) is 0.405. The van der Waals surface area contributed by atoms with E-state index in [9.17, 15) is 4.79 Å². The molecule has 0 aromatic heterocycles. The summed E-state index contributed by atoms with van der Waals surface area (Å²) < 4.78 is 0.754. The summed E-state index contributed by atoms with van der Waals surface area (Å²) in [5.74, 6) is 0. The zero-order valence-electron chi connectivity index (χ0n) is 5.80. The van der Waals surface area contributed by atoms with E-state index in [0.717, 1.165) is 4.42 Å². The molecule has 5 heteroatoms. The van der Waals surface area contributed by atoms with Crippen molar-refractivity contribution in [3.63, 3.8) is 0 Å². The number of amides is 1. The van der Waals surface area contributed by atoms with Gasteiger partial charge in [-0.25, -0.2) is 4.42 Å². The average Bonchev–Trinajstić information content (AvgIpc) is 2.04.